The Kier molecular flexibility index (Phi) is 3.15. The Hall–Kier alpha value is -1.52. The molecule has 6 rings (SSSR count). The first kappa shape index (κ1) is 15.7. The smallest absolute Gasteiger partial charge is 0.282 e. The van der Waals surface area contributed by atoms with Crippen LogP contribution in [-0.4, -0.2) is 29.8 Å². The van der Waals surface area contributed by atoms with Crippen molar-refractivity contribution in [2.45, 2.75) is 43.4 Å². The highest BCUT2D eigenvalue weighted by Gasteiger charge is 2.63. The largest absolute Gasteiger partial charge is 0.330 e. The summed E-state index contributed by atoms with van der Waals surface area (Å²) in [6, 6.07) is 6.58. The molecule has 134 valence electrons. The van der Waals surface area contributed by atoms with E-state index in [0.29, 0.717) is 24.2 Å². The molecule has 5 unspecified atom stereocenters. The summed E-state index contributed by atoms with van der Waals surface area (Å²) in [7, 11) is 0. The van der Waals surface area contributed by atoms with Crippen LogP contribution in [-0.2, 0) is 10.2 Å². The molecule has 4 aliphatic carbocycles. The van der Waals surface area contributed by atoms with E-state index in [4.69, 9.17) is 0 Å². The van der Waals surface area contributed by atoms with Crippen LogP contribution >= 0.6 is 0 Å². The molecule has 5 heteroatoms. The summed E-state index contributed by atoms with van der Waals surface area (Å²) in [6.07, 6.45) is 4.91. The van der Waals surface area contributed by atoms with Gasteiger partial charge in [0.1, 0.15) is 5.82 Å². The standard InChI is InChI=1S/C20H22F3NO/c21-16-3-1-14(2-4-16)20(9-18(25)24-10-19(22,23)11-24)15-6-12-5-13(8-15)17(20)7-12/h1-4,12-13,15,17H,5-11H2. The lowest BCUT2D eigenvalue weighted by atomic mass is 9.59. The Morgan fingerprint density at radius 3 is 2.44 bits per heavy atom. The lowest BCUT2D eigenvalue weighted by Gasteiger charge is -2.47. The monoisotopic (exact) mass is 349 g/mol. The van der Waals surface area contributed by atoms with Crippen LogP contribution in [0.15, 0.2) is 24.3 Å². The predicted molar refractivity (Wildman–Crippen MR) is 86.7 cm³/mol. The van der Waals surface area contributed by atoms with Crippen LogP contribution in [0.1, 0.15) is 37.7 Å². The number of hydrogen-bond donors (Lipinski definition) is 0. The molecule has 5 atom stereocenters. The number of rotatable bonds is 3. The van der Waals surface area contributed by atoms with E-state index in [1.807, 2.05) is 12.1 Å². The summed E-state index contributed by atoms with van der Waals surface area (Å²) in [6.45, 7) is -0.903. The molecule has 5 fully saturated rings. The molecule has 0 radical (unpaired) electrons. The minimum atomic E-state index is -2.73. The zero-order chi connectivity index (χ0) is 17.4. The van der Waals surface area contributed by atoms with Crippen molar-refractivity contribution in [3.63, 3.8) is 0 Å². The van der Waals surface area contributed by atoms with Crippen molar-refractivity contribution in [2.75, 3.05) is 13.1 Å². The van der Waals surface area contributed by atoms with Gasteiger partial charge in [-0.2, -0.15) is 0 Å². The summed E-state index contributed by atoms with van der Waals surface area (Å²) in [4.78, 5) is 14.1. The second-order valence-corrected chi connectivity index (χ2v) is 8.70. The van der Waals surface area contributed by atoms with Crippen LogP contribution in [0.2, 0.25) is 0 Å². The molecule has 25 heavy (non-hydrogen) atoms. The first-order valence-electron chi connectivity index (χ1n) is 9.29. The van der Waals surface area contributed by atoms with E-state index in [-0.39, 0.29) is 17.1 Å². The Morgan fingerprint density at radius 2 is 1.80 bits per heavy atom. The third-order valence-corrected chi connectivity index (χ3v) is 7.41. The number of hydrogen-bond acceptors (Lipinski definition) is 1. The van der Waals surface area contributed by atoms with Gasteiger partial charge in [0, 0.05) is 11.8 Å². The third-order valence-electron chi connectivity index (χ3n) is 7.41. The average Bonchev–Trinajstić information content (AvgIpc) is 2.94. The van der Waals surface area contributed by atoms with Gasteiger partial charge < -0.3 is 4.90 Å². The highest BCUT2D eigenvalue weighted by molar-refractivity contribution is 5.79. The van der Waals surface area contributed by atoms with Crippen molar-refractivity contribution >= 4 is 5.91 Å². The normalized spacial score (nSPS) is 40.4. The Balaban J connectivity index is 1.49. The predicted octanol–water partition coefficient (Wildman–Crippen LogP) is 4.00. The fraction of sp³-hybridized carbons (Fsp3) is 0.650. The topological polar surface area (TPSA) is 20.3 Å². The van der Waals surface area contributed by atoms with E-state index in [2.05, 4.69) is 0 Å². The summed E-state index contributed by atoms with van der Waals surface area (Å²) < 4.78 is 39.8. The van der Waals surface area contributed by atoms with Crippen LogP contribution in [0.25, 0.3) is 0 Å². The first-order chi connectivity index (χ1) is 11.9. The molecular weight excluding hydrogens is 327 g/mol. The molecular formula is C20H22F3NO. The molecule has 2 nitrogen and oxygen atoms in total. The molecule has 1 aromatic carbocycles. The molecule has 5 aliphatic rings. The van der Waals surface area contributed by atoms with Gasteiger partial charge in [-0.3, -0.25) is 4.79 Å². The Bertz CT molecular complexity index is 706. The number of amides is 1. The fourth-order valence-electron chi connectivity index (χ4n) is 6.55. The van der Waals surface area contributed by atoms with Crippen molar-refractivity contribution < 1.29 is 18.0 Å². The lowest BCUT2D eigenvalue weighted by Crippen LogP contribution is -2.59. The van der Waals surface area contributed by atoms with Gasteiger partial charge in [0.2, 0.25) is 5.91 Å². The second kappa shape index (κ2) is 5.01. The molecule has 4 bridgehead atoms. The van der Waals surface area contributed by atoms with Crippen molar-refractivity contribution in [2.24, 2.45) is 23.7 Å². The minimum Gasteiger partial charge on any atom is -0.330 e. The molecule has 0 spiro atoms. The summed E-state index contributed by atoms with van der Waals surface area (Å²) in [5, 5.41) is 0. The van der Waals surface area contributed by atoms with Crippen molar-refractivity contribution in [3.05, 3.63) is 35.6 Å². The number of alkyl halides is 2. The molecule has 1 amide bonds. The van der Waals surface area contributed by atoms with E-state index < -0.39 is 19.0 Å². The summed E-state index contributed by atoms with van der Waals surface area (Å²) in [5.74, 6) is -0.915. The number of carbonyl (C=O) groups is 1. The second-order valence-electron chi connectivity index (χ2n) is 8.70. The number of carbonyl (C=O) groups excluding carboxylic acids is 1. The van der Waals surface area contributed by atoms with Crippen LogP contribution in [0.3, 0.4) is 0 Å². The summed E-state index contributed by atoms with van der Waals surface area (Å²) in [5.41, 5.74) is 0.750. The SMILES string of the molecule is O=C(CC1(c2ccc(F)cc2)C2CC3CC(C2)C1C3)N1CC(F)(F)C1. The maximum absolute atomic E-state index is 13.5. The zero-order valence-corrected chi connectivity index (χ0v) is 14.1. The van der Waals surface area contributed by atoms with Crippen LogP contribution in [0, 0.1) is 29.5 Å². The highest BCUT2D eigenvalue weighted by Crippen LogP contribution is 2.68. The van der Waals surface area contributed by atoms with Gasteiger partial charge in [0.15, 0.2) is 0 Å². The Morgan fingerprint density at radius 1 is 1.08 bits per heavy atom. The van der Waals surface area contributed by atoms with Gasteiger partial charge in [0.25, 0.3) is 5.92 Å². The highest BCUT2D eigenvalue weighted by atomic mass is 19.3. The van der Waals surface area contributed by atoms with E-state index >= 15 is 0 Å². The van der Waals surface area contributed by atoms with E-state index in [1.165, 1.54) is 23.5 Å². The van der Waals surface area contributed by atoms with Crippen molar-refractivity contribution in [1.82, 2.24) is 4.90 Å². The van der Waals surface area contributed by atoms with Gasteiger partial charge >= 0.3 is 0 Å². The first-order valence-corrected chi connectivity index (χ1v) is 9.29. The summed E-state index contributed by atoms with van der Waals surface area (Å²) >= 11 is 0. The maximum atomic E-state index is 13.5. The average molecular weight is 349 g/mol. The number of benzene rings is 1. The lowest BCUT2D eigenvalue weighted by molar-refractivity contribution is -0.168. The van der Waals surface area contributed by atoms with Crippen LogP contribution in [0.4, 0.5) is 13.2 Å². The van der Waals surface area contributed by atoms with Gasteiger partial charge in [0.05, 0.1) is 13.1 Å². The molecule has 1 saturated heterocycles. The molecule has 1 heterocycles. The van der Waals surface area contributed by atoms with Crippen molar-refractivity contribution in [1.29, 1.82) is 0 Å². The van der Waals surface area contributed by atoms with Gasteiger partial charge in [-0.1, -0.05) is 12.1 Å². The third kappa shape index (κ3) is 2.20. The molecule has 1 aromatic rings. The van der Waals surface area contributed by atoms with Crippen LogP contribution < -0.4 is 0 Å². The number of nitrogens with zero attached hydrogens (tertiary/aromatic N) is 1. The van der Waals surface area contributed by atoms with Crippen molar-refractivity contribution in [3.8, 4) is 0 Å². The zero-order valence-electron chi connectivity index (χ0n) is 14.1. The Labute approximate surface area is 145 Å². The molecule has 0 N–H and O–H groups in total. The van der Waals surface area contributed by atoms with Gasteiger partial charge in [-0.05, 0) is 67.1 Å². The number of halogens is 3. The fourth-order valence-corrected chi connectivity index (χ4v) is 6.55. The maximum Gasteiger partial charge on any atom is 0.282 e. The molecule has 1 aliphatic heterocycles. The number of likely N-dealkylation sites (tertiary alicyclic amines) is 1. The van der Waals surface area contributed by atoms with Gasteiger partial charge in [-0.25, -0.2) is 13.2 Å². The minimum absolute atomic E-state index is 0.161. The van der Waals surface area contributed by atoms with Crippen LogP contribution in [0.5, 0.6) is 0 Å². The van der Waals surface area contributed by atoms with Gasteiger partial charge in [-0.15, -0.1) is 0 Å². The van der Waals surface area contributed by atoms with E-state index in [9.17, 15) is 18.0 Å². The van der Waals surface area contributed by atoms with E-state index in [1.54, 1.807) is 0 Å². The molecule has 0 aromatic heterocycles. The quantitative estimate of drug-likeness (QED) is 0.808. The van der Waals surface area contributed by atoms with E-state index in [0.717, 1.165) is 30.7 Å². The molecule has 4 saturated carbocycles.